The van der Waals surface area contributed by atoms with E-state index in [4.69, 9.17) is 11.5 Å². The second-order valence-electron chi connectivity index (χ2n) is 11.9. The Morgan fingerprint density at radius 3 is 2.21 bits per heavy atom. The lowest BCUT2D eigenvalue weighted by molar-refractivity contribution is -0.124. The SMILES string of the molecule is CC12CCC(C(NC(=O)[C@@H](CC3CCCCC3)NC(=O)N[C@@H](CCCCN)C(N)=O)C1)C2(C)C. The highest BCUT2D eigenvalue weighted by molar-refractivity contribution is 5.90. The molecular formula is C26H47N5O3. The normalized spacial score (nSPS) is 29.9. The Bertz CT molecular complexity index is 733. The zero-order valence-electron chi connectivity index (χ0n) is 21.5. The molecule has 8 heteroatoms. The van der Waals surface area contributed by atoms with Crippen molar-refractivity contribution in [3.8, 4) is 0 Å². The minimum Gasteiger partial charge on any atom is -0.368 e. The molecule has 34 heavy (non-hydrogen) atoms. The Kier molecular flexibility index (Phi) is 8.87. The van der Waals surface area contributed by atoms with Gasteiger partial charge in [-0.1, -0.05) is 52.9 Å². The van der Waals surface area contributed by atoms with E-state index < -0.39 is 24.0 Å². The van der Waals surface area contributed by atoms with Crippen LogP contribution in [0.25, 0.3) is 0 Å². The lowest BCUT2D eigenvalue weighted by atomic mass is 9.71. The summed E-state index contributed by atoms with van der Waals surface area (Å²) in [5.74, 6) is 0.219. The molecule has 3 aliphatic carbocycles. The summed E-state index contributed by atoms with van der Waals surface area (Å²) in [6.45, 7) is 7.53. The molecule has 0 heterocycles. The van der Waals surface area contributed by atoms with Crippen molar-refractivity contribution >= 4 is 17.8 Å². The highest BCUT2D eigenvalue weighted by Gasteiger charge is 2.60. The van der Waals surface area contributed by atoms with Crippen LogP contribution in [0.4, 0.5) is 4.79 Å². The average Bonchev–Trinajstić information content (AvgIpc) is 3.11. The van der Waals surface area contributed by atoms with Crippen molar-refractivity contribution in [3.05, 3.63) is 0 Å². The second-order valence-corrected chi connectivity index (χ2v) is 11.9. The Morgan fingerprint density at radius 2 is 1.65 bits per heavy atom. The summed E-state index contributed by atoms with van der Waals surface area (Å²) in [6.07, 6.45) is 11.6. The van der Waals surface area contributed by atoms with Crippen LogP contribution in [0.5, 0.6) is 0 Å². The van der Waals surface area contributed by atoms with Gasteiger partial charge in [0, 0.05) is 6.04 Å². The van der Waals surface area contributed by atoms with Gasteiger partial charge in [0.2, 0.25) is 11.8 Å². The van der Waals surface area contributed by atoms with Crippen molar-refractivity contribution in [2.45, 2.75) is 116 Å². The van der Waals surface area contributed by atoms with Gasteiger partial charge in [-0.3, -0.25) is 9.59 Å². The maximum atomic E-state index is 13.5. The number of urea groups is 1. The van der Waals surface area contributed by atoms with Gasteiger partial charge in [0.15, 0.2) is 0 Å². The fourth-order valence-corrected chi connectivity index (χ4v) is 6.86. The molecule has 3 aliphatic rings. The van der Waals surface area contributed by atoms with Crippen LogP contribution >= 0.6 is 0 Å². The average molecular weight is 478 g/mol. The molecule has 4 amide bonds. The van der Waals surface area contributed by atoms with Crippen molar-refractivity contribution in [1.29, 1.82) is 0 Å². The molecule has 0 radical (unpaired) electrons. The van der Waals surface area contributed by atoms with Gasteiger partial charge < -0.3 is 27.4 Å². The number of hydrogen-bond donors (Lipinski definition) is 5. The van der Waals surface area contributed by atoms with E-state index >= 15 is 0 Å². The maximum Gasteiger partial charge on any atom is 0.316 e. The van der Waals surface area contributed by atoms with Crippen LogP contribution in [0.3, 0.4) is 0 Å². The zero-order valence-corrected chi connectivity index (χ0v) is 21.5. The highest BCUT2D eigenvalue weighted by Crippen LogP contribution is 2.65. The molecule has 8 nitrogen and oxygen atoms in total. The first kappa shape index (κ1) is 26.8. The molecule has 5 atom stereocenters. The first-order valence-electron chi connectivity index (χ1n) is 13.4. The van der Waals surface area contributed by atoms with E-state index in [1.807, 2.05) is 0 Å². The van der Waals surface area contributed by atoms with Gasteiger partial charge in [-0.25, -0.2) is 4.79 Å². The number of carbonyl (C=O) groups excluding carboxylic acids is 3. The topological polar surface area (TPSA) is 139 Å². The van der Waals surface area contributed by atoms with E-state index in [1.54, 1.807) is 0 Å². The van der Waals surface area contributed by atoms with E-state index in [1.165, 1.54) is 25.7 Å². The number of nitrogens with one attached hydrogen (secondary N) is 3. The lowest BCUT2D eigenvalue weighted by Gasteiger charge is -2.33. The number of fused-ring (bicyclic) bond motifs is 2. The Balaban J connectivity index is 1.64. The number of rotatable bonds is 11. The van der Waals surface area contributed by atoms with Gasteiger partial charge >= 0.3 is 6.03 Å². The Hall–Kier alpha value is -1.83. The van der Waals surface area contributed by atoms with Crippen LogP contribution in [0.1, 0.15) is 97.8 Å². The predicted molar refractivity (Wildman–Crippen MR) is 134 cm³/mol. The quantitative estimate of drug-likeness (QED) is 0.292. The molecule has 3 fully saturated rings. The maximum absolute atomic E-state index is 13.5. The van der Waals surface area contributed by atoms with Crippen LogP contribution in [0.2, 0.25) is 0 Å². The Morgan fingerprint density at radius 1 is 0.971 bits per heavy atom. The first-order chi connectivity index (χ1) is 16.1. The van der Waals surface area contributed by atoms with Crippen molar-refractivity contribution in [3.63, 3.8) is 0 Å². The lowest BCUT2D eigenvalue weighted by Crippen LogP contribution is -2.56. The standard InChI is InChI=1S/C26H47N5O3/c1-25(2)18-12-13-26(25,3)16-21(18)29-23(33)20(15-17-9-5-4-6-10-17)31-24(34)30-19(22(28)32)11-7-8-14-27/h17-21H,4-16,27H2,1-3H3,(H2,28,32)(H,29,33)(H2,30,31,34)/t18?,19-,20+,21?,26?/m0/s1. The van der Waals surface area contributed by atoms with E-state index in [-0.39, 0.29) is 22.8 Å². The smallest absolute Gasteiger partial charge is 0.316 e. The fourth-order valence-electron chi connectivity index (χ4n) is 6.86. The number of unbranched alkanes of at least 4 members (excludes halogenated alkanes) is 1. The monoisotopic (exact) mass is 477 g/mol. The molecule has 3 saturated carbocycles. The third kappa shape index (κ3) is 6.04. The molecule has 7 N–H and O–H groups in total. The summed E-state index contributed by atoms with van der Waals surface area (Å²) in [5, 5.41) is 8.90. The summed E-state index contributed by atoms with van der Waals surface area (Å²) < 4.78 is 0. The van der Waals surface area contributed by atoms with Gasteiger partial charge in [0.05, 0.1) is 0 Å². The van der Waals surface area contributed by atoms with Crippen molar-refractivity contribution < 1.29 is 14.4 Å². The van der Waals surface area contributed by atoms with Gasteiger partial charge in [-0.2, -0.15) is 0 Å². The minimum atomic E-state index is -0.767. The van der Waals surface area contributed by atoms with Gasteiger partial charge in [0.25, 0.3) is 0 Å². The summed E-state index contributed by atoms with van der Waals surface area (Å²) in [6, 6.07) is -1.74. The number of amides is 4. The van der Waals surface area contributed by atoms with E-state index in [0.717, 1.165) is 32.1 Å². The number of primary amides is 1. The van der Waals surface area contributed by atoms with Crippen LogP contribution in [-0.2, 0) is 9.59 Å². The van der Waals surface area contributed by atoms with Crippen LogP contribution in [0.15, 0.2) is 0 Å². The molecule has 0 aromatic rings. The van der Waals surface area contributed by atoms with Gasteiger partial charge in [-0.05, 0) is 74.2 Å². The molecule has 2 bridgehead atoms. The fraction of sp³-hybridized carbons (Fsp3) is 0.885. The van der Waals surface area contributed by atoms with Crippen LogP contribution in [-0.4, -0.2) is 42.5 Å². The third-order valence-corrected chi connectivity index (χ3v) is 9.48. The van der Waals surface area contributed by atoms with E-state index in [2.05, 4.69) is 36.7 Å². The Labute approximate surface area is 205 Å². The van der Waals surface area contributed by atoms with Crippen LogP contribution in [0, 0.1) is 22.7 Å². The van der Waals surface area contributed by atoms with Crippen LogP contribution < -0.4 is 27.4 Å². The largest absolute Gasteiger partial charge is 0.368 e. The summed E-state index contributed by atoms with van der Waals surface area (Å²) in [7, 11) is 0. The molecule has 3 unspecified atom stereocenters. The third-order valence-electron chi connectivity index (χ3n) is 9.48. The van der Waals surface area contributed by atoms with Crippen molar-refractivity contribution in [2.24, 2.45) is 34.1 Å². The number of carbonyl (C=O) groups is 3. The molecule has 194 valence electrons. The molecular weight excluding hydrogens is 430 g/mol. The number of hydrogen-bond acceptors (Lipinski definition) is 4. The molecule has 3 rings (SSSR count). The summed E-state index contributed by atoms with van der Waals surface area (Å²) >= 11 is 0. The van der Waals surface area contributed by atoms with Gasteiger partial charge in [0.1, 0.15) is 12.1 Å². The summed E-state index contributed by atoms with van der Waals surface area (Å²) in [4.78, 5) is 38.1. The predicted octanol–water partition coefficient (Wildman–Crippen LogP) is 2.94. The van der Waals surface area contributed by atoms with Crippen molar-refractivity contribution in [1.82, 2.24) is 16.0 Å². The summed E-state index contributed by atoms with van der Waals surface area (Å²) in [5.41, 5.74) is 11.5. The molecule has 0 spiro atoms. The molecule has 0 saturated heterocycles. The van der Waals surface area contributed by atoms with E-state index in [9.17, 15) is 14.4 Å². The van der Waals surface area contributed by atoms with Gasteiger partial charge in [-0.15, -0.1) is 0 Å². The first-order valence-corrected chi connectivity index (χ1v) is 13.4. The van der Waals surface area contributed by atoms with E-state index in [0.29, 0.717) is 37.6 Å². The highest BCUT2D eigenvalue weighted by atomic mass is 16.2. The molecule has 0 aromatic heterocycles. The second kappa shape index (κ2) is 11.3. The van der Waals surface area contributed by atoms with Crippen molar-refractivity contribution in [2.75, 3.05) is 6.54 Å². The minimum absolute atomic E-state index is 0.101. The zero-order chi connectivity index (χ0) is 24.9. The molecule has 0 aliphatic heterocycles. The molecule has 0 aromatic carbocycles. The number of nitrogens with two attached hydrogens (primary N) is 2.